The summed E-state index contributed by atoms with van der Waals surface area (Å²) < 4.78 is 1.65. The van der Waals surface area contributed by atoms with Crippen LogP contribution < -0.4 is 5.32 Å². The molecule has 1 aliphatic carbocycles. The first-order chi connectivity index (χ1) is 12.1. The first-order valence-electron chi connectivity index (χ1n) is 8.86. The van der Waals surface area contributed by atoms with Gasteiger partial charge < -0.3 is 5.32 Å². The molecule has 1 atom stereocenters. The lowest BCUT2D eigenvalue weighted by Gasteiger charge is -2.20. The fourth-order valence-electron chi connectivity index (χ4n) is 3.64. The van der Waals surface area contributed by atoms with E-state index in [9.17, 15) is 4.79 Å². The zero-order valence-corrected chi connectivity index (χ0v) is 14.6. The van der Waals surface area contributed by atoms with Crippen LogP contribution in [0.1, 0.15) is 58.5 Å². The maximum Gasteiger partial charge on any atom is 0.257 e. The molecule has 2 heterocycles. The van der Waals surface area contributed by atoms with Crippen LogP contribution in [0.4, 0.5) is 0 Å². The van der Waals surface area contributed by atoms with Crippen LogP contribution in [0.5, 0.6) is 0 Å². The second kappa shape index (κ2) is 6.31. The van der Waals surface area contributed by atoms with Crippen LogP contribution >= 0.6 is 0 Å². The highest BCUT2D eigenvalue weighted by atomic mass is 16.1. The van der Waals surface area contributed by atoms with Crippen LogP contribution in [0, 0.1) is 6.92 Å². The van der Waals surface area contributed by atoms with Gasteiger partial charge in [0.05, 0.1) is 11.7 Å². The number of benzene rings is 1. The van der Waals surface area contributed by atoms with Crippen molar-refractivity contribution in [3.63, 3.8) is 0 Å². The largest absolute Gasteiger partial charge is 0.345 e. The Kier molecular flexibility index (Phi) is 3.99. The van der Waals surface area contributed by atoms with E-state index in [1.807, 2.05) is 13.8 Å². The molecule has 3 aromatic rings. The summed E-state index contributed by atoms with van der Waals surface area (Å²) in [4.78, 5) is 17.1. The molecule has 0 radical (unpaired) electrons. The number of aromatic nitrogens is 3. The summed E-state index contributed by atoms with van der Waals surface area (Å²) in [6.45, 7) is 3.87. The smallest absolute Gasteiger partial charge is 0.257 e. The van der Waals surface area contributed by atoms with E-state index in [1.165, 1.54) is 30.4 Å². The van der Waals surface area contributed by atoms with Crippen LogP contribution in [-0.4, -0.2) is 20.5 Å². The quantitative estimate of drug-likeness (QED) is 0.798. The van der Waals surface area contributed by atoms with Crippen molar-refractivity contribution in [1.29, 1.82) is 0 Å². The molecule has 0 fully saturated rings. The van der Waals surface area contributed by atoms with Crippen molar-refractivity contribution in [2.45, 2.75) is 45.6 Å². The van der Waals surface area contributed by atoms with E-state index in [2.05, 4.69) is 33.6 Å². The average molecular weight is 334 g/mol. The molecule has 0 saturated heterocycles. The predicted octanol–water partition coefficient (Wildman–Crippen LogP) is 3.41. The highest BCUT2D eigenvalue weighted by Gasteiger charge is 2.20. The first-order valence-corrected chi connectivity index (χ1v) is 8.86. The van der Waals surface area contributed by atoms with Crippen LogP contribution in [0.25, 0.3) is 5.65 Å². The third-order valence-electron chi connectivity index (χ3n) is 5.02. The van der Waals surface area contributed by atoms with Crippen molar-refractivity contribution in [2.75, 3.05) is 0 Å². The Labute approximate surface area is 147 Å². The van der Waals surface area contributed by atoms with Gasteiger partial charge in [0.15, 0.2) is 5.65 Å². The second-order valence-electron chi connectivity index (χ2n) is 6.78. The lowest BCUT2D eigenvalue weighted by molar-refractivity contribution is 0.0940. The molecule has 0 spiro atoms. The zero-order chi connectivity index (χ0) is 17.4. The minimum Gasteiger partial charge on any atom is -0.345 e. The van der Waals surface area contributed by atoms with E-state index in [-0.39, 0.29) is 11.9 Å². The molecule has 1 N–H and O–H groups in total. The number of nitrogens with one attached hydrogen (secondary N) is 1. The Morgan fingerprint density at radius 3 is 2.88 bits per heavy atom. The number of rotatable bonds is 3. The first kappa shape index (κ1) is 15.8. The van der Waals surface area contributed by atoms with Gasteiger partial charge in [0, 0.05) is 12.4 Å². The van der Waals surface area contributed by atoms with Gasteiger partial charge in [0.1, 0.15) is 5.56 Å². The molecule has 1 aromatic carbocycles. The predicted molar refractivity (Wildman–Crippen MR) is 96.7 cm³/mol. The monoisotopic (exact) mass is 334 g/mol. The third kappa shape index (κ3) is 2.90. The normalized spacial score (nSPS) is 15.0. The van der Waals surface area contributed by atoms with Crippen molar-refractivity contribution in [3.05, 3.63) is 64.6 Å². The molecule has 5 heteroatoms. The van der Waals surface area contributed by atoms with Gasteiger partial charge in [-0.25, -0.2) is 9.50 Å². The third-order valence-corrected chi connectivity index (χ3v) is 5.02. The Balaban J connectivity index is 1.59. The summed E-state index contributed by atoms with van der Waals surface area (Å²) in [6.07, 6.45) is 8.33. The summed E-state index contributed by atoms with van der Waals surface area (Å²) in [5.74, 6) is -0.128. The van der Waals surface area contributed by atoms with E-state index in [0.717, 1.165) is 12.0 Å². The Morgan fingerprint density at radius 2 is 2.04 bits per heavy atom. The lowest BCUT2D eigenvalue weighted by atomic mass is 9.89. The summed E-state index contributed by atoms with van der Waals surface area (Å²) in [5.41, 5.74) is 5.86. The molecular weight excluding hydrogens is 312 g/mol. The van der Waals surface area contributed by atoms with Crippen molar-refractivity contribution >= 4 is 11.6 Å². The number of aryl methyl sites for hydroxylation is 3. The lowest BCUT2D eigenvalue weighted by Crippen LogP contribution is -2.27. The van der Waals surface area contributed by atoms with Crippen molar-refractivity contribution in [2.24, 2.45) is 0 Å². The molecule has 0 saturated carbocycles. The van der Waals surface area contributed by atoms with Crippen LogP contribution in [0.3, 0.4) is 0 Å². The van der Waals surface area contributed by atoms with E-state index >= 15 is 0 Å². The minimum atomic E-state index is -0.128. The van der Waals surface area contributed by atoms with Crippen LogP contribution in [-0.2, 0) is 12.8 Å². The molecule has 128 valence electrons. The standard InChI is InChI=1S/C20H22N4O/c1-13(16-9-8-15-6-3-4-7-17(15)12-16)22-20(25)18-14(2)23-24-11-5-10-21-19(18)24/h5,8-13H,3-4,6-7H2,1-2H3,(H,22,25). The number of amides is 1. The highest BCUT2D eigenvalue weighted by Crippen LogP contribution is 2.25. The molecule has 1 aliphatic rings. The molecule has 1 unspecified atom stereocenters. The summed E-state index contributed by atoms with van der Waals surface area (Å²) in [5, 5.41) is 7.47. The van der Waals surface area contributed by atoms with E-state index < -0.39 is 0 Å². The number of hydrogen-bond acceptors (Lipinski definition) is 3. The van der Waals surface area contributed by atoms with Crippen LogP contribution in [0.15, 0.2) is 36.7 Å². The molecule has 25 heavy (non-hydrogen) atoms. The van der Waals surface area contributed by atoms with Crippen molar-refractivity contribution in [3.8, 4) is 0 Å². The minimum absolute atomic E-state index is 0.0576. The van der Waals surface area contributed by atoms with Gasteiger partial charge in [-0.3, -0.25) is 4.79 Å². The van der Waals surface area contributed by atoms with E-state index in [4.69, 9.17) is 0 Å². The maximum atomic E-state index is 12.8. The Hall–Kier alpha value is -2.69. The van der Waals surface area contributed by atoms with Gasteiger partial charge in [-0.05, 0) is 62.3 Å². The molecule has 2 aromatic heterocycles. The molecule has 1 amide bonds. The summed E-state index contributed by atoms with van der Waals surface area (Å²) >= 11 is 0. The maximum absolute atomic E-state index is 12.8. The molecule has 0 aliphatic heterocycles. The number of nitrogens with zero attached hydrogens (tertiary/aromatic N) is 3. The second-order valence-corrected chi connectivity index (χ2v) is 6.78. The molecular formula is C20H22N4O. The van der Waals surface area contributed by atoms with Crippen molar-refractivity contribution < 1.29 is 4.79 Å². The van der Waals surface area contributed by atoms with Gasteiger partial charge in [-0.15, -0.1) is 0 Å². The molecule has 4 rings (SSSR count). The summed E-state index contributed by atoms with van der Waals surface area (Å²) in [6, 6.07) is 8.35. The van der Waals surface area contributed by atoms with Gasteiger partial charge in [0.2, 0.25) is 0 Å². The number of carbonyl (C=O) groups is 1. The van der Waals surface area contributed by atoms with Crippen molar-refractivity contribution in [1.82, 2.24) is 19.9 Å². The van der Waals surface area contributed by atoms with Crippen LogP contribution in [0.2, 0.25) is 0 Å². The SMILES string of the molecule is Cc1nn2cccnc2c1C(=O)NC(C)c1ccc2c(c1)CCCC2. The molecule has 0 bridgehead atoms. The number of fused-ring (bicyclic) bond motifs is 2. The van der Waals surface area contributed by atoms with Gasteiger partial charge in [-0.1, -0.05) is 18.2 Å². The highest BCUT2D eigenvalue weighted by molar-refractivity contribution is 6.01. The van der Waals surface area contributed by atoms with E-state index in [0.29, 0.717) is 16.9 Å². The fourth-order valence-corrected chi connectivity index (χ4v) is 3.64. The fraction of sp³-hybridized carbons (Fsp3) is 0.350. The topological polar surface area (TPSA) is 59.3 Å². The van der Waals surface area contributed by atoms with E-state index in [1.54, 1.807) is 23.0 Å². The number of carbonyl (C=O) groups excluding carboxylic acids is 1. The van der Waals surface area contributed by atoms with Gasteiger partial charge >= 0.3 is 0 Å². The zero-order valence-electron chi connectivity index (χ0n) is 14.6. The Bertz CT molecular complexity index is 944. The molecule has 5 nitrogen and oxygen atoms in total. The average Bonchev–Trinajstić information content (AvgIpc) is 2.97. The number of hydrogen-bond donors (Lipinski definition) is 1. The summed E-state index contributed by atoms with van der Waals surface area (Å²) in [7, 11) is 0. The van der Waals surface area contributed by atoms with Gasteiger partial charge in [-0.2, -0.15) is 5.10 Å². The van der Waals surface area contributed by atoms with Gasteiger partial charge in [0.25, 0.3) is 5.91 Å². The Morgan fingerprint density at radius 1 is 1.24 bits per heavy atom.